The molecule has 2 aromatic rings. The molecule has 11 heteroatoms. The lowest BCUT2D eigenvalue weighted by molar-refractivity contribution is -0.385. The van der Waals surface area contributed by atoms with Crippen LogP contribution >= 0.6 is 0 Å². The fourth-order valence-corrected chi connectivity index (χ4v) is 2.50. The van der Waals surface area contributed by atoms with Crippen LogP contribution in [-0.4, -0.2) is 30.5 Å². The summed E-state index contributed by atoms with van der Waals surface area (Å²) in [6.45, 7) is 1.97. The maximum atomic E-state index is 13.2. The second-order valence-electron chi connectivity index (χ2n) is 6.02. The Morgan fingerprint density at radius 3 is 2.43 bits per heavy atom. The predicted octanol–water partition coefficient (Wildman–Crippen LogP) is 3.87. The molecule has 1 amide bonds. The van der Waals surface area contributed by atoms with Gasteiger partial charge in [-0.25, -0.2) is 0 Å². The molecule has 1 N–H and O–H groups in total. The lowest BCUT2D eigenvalue weighted by Crippen LogP contribution is -2.22. The molecule has 0 aliphatic rings. The van der Waals surface area contributed by atoms with Crippen LogP contribution in [-0.2, 0) is 22.1 Å². The fraction of sp³-hybridized carbons (Fsp3) is 0.263. The first-order valence-corrected chi connectivity index (χ1v) is 8.57. The van der Waals surface area contributed by atoms with Gasteiger partial charge in [-0.2, -0.15) is 13.2 Å². The minimum absolute atomic E-state index is 0.00803. The zero-order valence-electron chi connectivity index (χ0n) is 15.9. The first-order chi connectivity index (χ1) is 14.0. The number of nitro groups is 1. The number of ether oxygens (including phenoxy) is 2. The molecule has 2 aromatic carbocycles. The number of alkyl halides is 3. The van der Waals surface area contributed by atoms with Crippen LogP contribution in [0.15, 0.2) is 36.4 Å². The third-order valence-electron chi connectivity index (χ3n) is 3.85. The van der Waals surface area contributed by atoms with E-state index in [0.717, 1.165) is 31.4 Å². The number of hydrogen-bond acceptors (Lipinski definition) is 6. The zero-order chi connectivity index (χ0) is 22.5. The SMILES string of the molecule is CCNC(=O)c1ccc(Oc2cc(CC(=O)OC)cc(C(F)(F)F)c2)c([N+](=O)[O-])c1. The summed E-state index contributed by atoms with van der Waals surface area (Å²) in [6, 6.07) is 5.88. The maximum Gasteiger partial charge on any atom is 0.416 e. The molecule has 0 saturated carbocycles. The summed E-state index contributed by atoms with van der Waals surface area (Å²) in [6.07, 6.45) is -5.19. The van der Waals surface area contributed by atoms with Gasteiger partial charge in [0.25, 0.3) is 5.91 Å². The second-order valence-corrected chi connectivity index (χ2v) is 6.02. The van der Waals surface area contributed by atoms with Gasteiger partial charge in [0.1, 0.15) is 5.75 Å². The van der Waals surface area contributed by atoms with Crippen LogP contribution in [0.25, 0.3) is 0 Å². The van der Waals surface area contributed by atoms with Crippen molar-refractivity contribution < 1.29 is 37.2 Å². The highest BCUT2D eigenvalue weighted by molar-refractivity contribution is 5.95. The van der Waals surface area contributed by atoms with Crippen LogP contribution in [0.5, 0.6) is 11.5 Å². The Kier molecular flexibility index (Phi) is 6.98. The highest BCUT2D eigenvalue weighted by Gasteiger charge is 2.32. The maximum absolute atomic E-state index is 13.2. The number of hydrogen-bond donors (Lipinski definition) is 1. The molecule has 0 heterocycles. The summed E-state index contributed by atoms with van der Waals surface area (Å²) in [5.74, 6) is -2.04. The van der Waals surface area contributed by atoms with Gasteiger partial charge >= 0.3 is 17.8 Å². The monoisotopic (exact) mass is 426 g/mol. The molecule has 0 bridgehead atoms. The number of nitrogens with zero attached hydrogens (tertiary/aromatic N) is 1. The molecule has 0 spiro atoms. The number of carbonyl (C=O) groups is 2. The normalized spacial score (nSPS) is 11.0. The highest BCUT2D eigenvalue weighted by atomic mass is 19.4. The number of benzene rings is 2. The first kappa shape index (κ1) is 22.7. The van der Waals surface area contributed by atoms with Gasteiger partial charge in [-0.15, -0.1) is 0 Å². The summed E-state index contributed by atoms with van der Waals surface area (Å²) in [5.41, 5.74) is -1.76. The molecule has 0 fully saturated rings. The summed E-state index contributed by atoms with van der Waals surface area (Å²) in [7, 11) is 1.09. The summed E-state index contributed by atoms with van der Waals surface area (Å²) in [5, 5.41) is 13.9. The number of methoxy groups -OCH3 is 1. The number of esters is 1. The van der Waals surface area contributed by atoms with Crippen LogP contribution in [0.3, 0.4) is 0 Å². The molecule has 0 aliphatic carbocycles. The number of amides is 1. The molecular formula is C19H17F3N2O6. The van der Waals surface area contributed by atoms with Crippen molar-refractivity contribution in [2.75, 3.05) is 13.7 Å². The van der Waals surface area contributed by atoms with Gasteiger partial charge in [-0.1, -0.05) is 0 Å². The lowest BCUT2D eigenvalue weighted by Gasteiger charge is -2.13. The lowest BCUT2D eigenvalue weighted by atomic mass is 10.1. The predicted molar refractivity (Wildman–Crippen MR) is 98.3 cm³/mol. The number of halogens is 3. The van der Waals surface area contributed by atoms with E-state index in [-0.39, 0.29) is 22.6 Å². The van der Waals surface area contributed by atoms with E-state index in [4.69, 9.17) is 4.74 Å². The molecule has 2 rings (SSSR count). The molecule has 8 nitrogen and oxygen atoms in total. The van der Waals surface area contributed by atoms with Gasteiger partial charge < -0.3 is 14.8 Å². The summed E-state index contributed by atoms with van der Waals surface area (Å²) < 4.78 is 49.4. The van der Waals surface area contributed by atoms with Crippen LogP contribution in [0, 0.1) is 10.1 Å². The first-order valence-electron chi connectivity index (χ1n) is 8.57. The van der Waals surface area contributed by atoms with E-state index < -0.39 is 40.6 Å². The van der Waals surface area contributed by atoms with E-state index in [1.165, 1.54) is 6.07 Å². The van der Waals surface area contributed by atoms with E-state index in [9.17, 15) is 32.9 Å². The second kappa shape index (κ2) is 9.25. The molecule has 0 saturated heterocycles. The summed E-state index contributed by atoms with van der Waals surface area (Å²) >= 11 is 0. The zero-order valence-corrected chi connectivity index (χ0v) is 15.9. The summed E-state index contributed by atoms with van der Waals surface area (Å²) in [4.78, 5) is 33.9. The van der Waals surface area contributed by atoms with Crippen molar-refractivity contribution in [1.29, 1.82) is 0 Å². The Bertz CT molecular complexity index is 975. The molecule has 0 radical (unpaired) electrons. The standard InChI is InChI=1S/C19H17F3N2O6/c1-3-23-18(26)12-4-5-16(15(9-12)24(27)28)30-14-7-11(8-17(25)29-2)6-13(10-14)19(20,21)22/h4-7,9-10H,3,8H2,1-2H3,(H,23,26). The Morgan fingerprint density at radius 1 is 1.17 bits per heavy atom. The van der Waals surface area contributed by atoms with E-state index in [2.05, 4.69) is 10.1 Å². The van der Waals surface area contributed by atoms with Crippen molar-refractivity contribution in [1.82, 2.24) is 5.32 Å². The largest absolute Gasteiger partial charge is 0.469 e. The molecule has 160 valence electrons. The van der Waals surface area contributed by atoms with Crippen LogP contribution in [0.1, 0.15) is 28.4 Å². The molecule has 0 aliphatic heterocycles. The topological polar surface area (TPSA) is 108 Å². The Hall–Kier alpha value is -3.63. The number of nitro benzene ring substituents is 1. The van der Waals surface area contributed by atoms with Gasteiger partial charge in [0.15, 0.2) is 0 Å². The van der Waals surface area contributed by atoms with E-state index in [1.807, 2.05) is 0 Å². The van der Waals surface area contributed by atoms with Crippen molar-refractivity contribution in [2.45, 2.75) is 19.5 Å². The number of carbonyl (C=O) groups excluding carboxylic acids is 2. The van der Waals surface area contributed by atoms with Crippen molar-refractivity contribution in [3.8, 4) is 11.5 Å². The van der Waals surface area contributed by atoms with Gasteiger partial charge in [0.05, 0.1) is 24.0 Å². The smallest absolute Gasteiger partial charge is 0.416 e. The average molecular weight is 426 g/mol. The number of rotatable bonds is 7. The van der Waals surface area contributed by atoms with E-state index in [0.29, 0.717) is 12.6 Å². The van der Waals surface area contributed by atoms with Crippen molar-refractivity contribution in [2.24, 2.45) is 0 Å². The van der Waals surface area contributed by atoms with Gasteiger partial charge in [0, 0.05) is 18.2 Å². The highest BCUT2D eigenvalue weighted by Crippen LogP contribution is 2.37. The van der Waals surface area contributed by atoms with Crippen molar-refractivity contribution in [3.63, 3.8) is 0 Å². The van der Waals surface area contributed by atoms with Gasteiger partial charge in [0.2, 0.25) is 5.75 Å². The Morgan fingerprint density at radius 2 is 1.87 bits per heavy atom. The third-order valence-corrected chi connectivity index (χ3v) is 3.85. The van der Waals surface area contributed by atoms with Gasteiger partial charge in [-0.3, -0.25) is 19.7 Å². The Balaban J connectivity index is 2.47. The van der Waals surface area contributed by atoms with Crippen LogP contribution < -0.4 is 10.1 Å². The molecule has 30 heavy (non-hydrogen) atoms. The average Bonchev–Trinajstić information content (AvgIpc) is 2.67. The van der Waals surface area contributed by atoms with E-state index >= 15 is 0 Å². The van der Waals surface area contributed by atoms with Crippen molar-refractivity contribution >= 4 is 17.6 Å². The Labute approximate surface area is 168 Å². The minimum Gasteiger partial charge on any atom is -0.469 e. The van der Waals surface area contributed by atoms with E-state index in [1.54, 1.807) is 6.92 Å². The molecule has 0 atom stereocenters. The quantitative estimate of drug-likeness (QED) is 0.409. The minimum atomic E-state index is -4.74. The molecule has 0 aromatic heterocycles. The fourth-order valence-electron chi connectivity index (χ4n) is 2.50. The number of nitrogens with one attached hydrogen (secondary N) is 1. The third kappa shape index (κ3) is 5.69. The van der Waals surface area contributed by atoms with Crippen molar-refractivity contribution in [3.05, 3.63) is 63.2 Å². The van der Waals surface area contributed by atoms with Crippen LogP contribution in [0.2, 0.25) is 0 Å². The molecule has 0 unspecified atom stereocenters. The van der Waals surface area contributed by atoms with Crippen LogP contribution in [0.4, 0.5) is 18.9 Å². The molecular weight excluding hydrogens is 409 g/mol. The van der Waals surface area contributed by atoms with Gasteiger partial charge in [-0.05, 0) is 42.8 Å².